The summed E-state index contributed by atoms with van der Waals surface area (Å²) in [4.78, 5) is 0. The number of benzene rings is 1. The normalized spacial score (nSPS) is 14.3. The van der Waals surface area contributed by atoms with Crippen LogP contribution in [-0.4, -0.2) is 27.9 Å². The van der Waals surface area contributed by atoms with Crippen LogP contribution >= 0.6 is 0 Å². The molecule has 4 heteroatoms. The number of hydrogen-bond acceptors (Lipinski definition) is 4. The minimum Gasteiger partial charge on any atom is -0.496 e. The maximum Gasteiger partial charge on any atom is 0.130 e. The van der Waals surface area contributed by atoms with Gasteiger partial charge in [-0.15, -0.1) is 0 Å². The Morgan fingerprint density at radius 3 is 2.16 bits per heavy atom. The van der Waals surface area contributed by atoms with E-state index in [0.29, 0.717) is 0 Å². The molecule has 0 aromatic heterocycles. The second-order valence-electron chi connectivity index (χ2n) is 4.92. The molecule has 0 unspecified atom stereocenters. The fourth-order valence-electron chi connectivity index (χ4n) is 2.18. The third-order valence-electron chi connectivity index (χ3n) is 3.55. The highest BCUT2D eigenvalue weighted by atomic mass is 16.5. The lowest BCUT2D eigenvalue weighted by Gasteiger charge is -2.15. The van der Waals surface area contributed by atoms with Crippen LogP contribution in [0, 0.1) is 5.92 Å². The SMILES string of the molecule is COc1cc(OC)c(CNCCC2CC2)c(OC)c1. The summed E-state index contributed by atoms with van der Waals surface area (Å²) in [7, 11) is 4.98. The first-order chi connectivity index (χ1) is 9.28. The van der Waals surface area contributed by atoms with Gasteiger partial charge in [-0.1, -0.05) is 12.8 Å². The first-order valence-electron chi connectivity index (χ1n) is 6.78. The van der Waals surface area contributed by atoms with Crippen molar-refractivity contribution in [1.29, 1.82) is 0 Å². The topological polar surface area (TPSA) is 39.7 Å². The predicted octanol–water partition coefficient (Wildman–Crippen LogP) is 2.60. The number of methoxy groups -OCH3 is 3. The minimum absolute atomic E-state index is 0.746. The second-order valence-corrected chi connectivity index (χ2v) is 4.92. The molecule has 0 amide bonds. The number of rotatable bonds is 8. The van der Waals surface area contributed by atoms with Crippen LogP contribution in [0.1, 0.15) is 24.8 Å². The summed E-state index contributed by atoms with van der Waals surface area (Å²) in [5.41, 5.74) is 1.04. The lowest BCUT2D eigenvalue weighted by atomic mass is 10.1. The van der Waals surface area contributed by atoms with Gasteiger partial charge >= 0.3 is 0 Å². The molecule has 0 spiro atoms. The van der Waals surface area contributed by atoms with Crippen LogP contribution in [0.4, 0.5) is 0 Å². The number of hydrogen-bond donors (Lipinski definition) is 1. The quantitative estimate of drug-likeness (QED) is 0.733. The number of nitrogens with one attached hydrogen (secondary N) is 1. The van der Waals surface area contributed by atoms with Crippen molar-refractivity contribution in [3.63, 3.8) is 0 Å². The molecule has 0 bridgehead atoms. The van der Waals surface area contributed by atoms with Crippen molar-refractivity contribution in [2.75, 3.05) is 27.9 Å². The van der Waals surface area contributed by atoms with Crippen molar-refractivity contribution < 1.29 is 14.2 Å². The molecule has 0 atom stereocenters. The summed E-state index contributed by atoms with van der Waals surface area (Å²) in [6.45, 7) is 1.80. The van der Waals surface area contributed by atoms with E-state index in [9.17, 15) is 0 Å². The Bertz CT molecular complexity index is 391. The first-order valence-corrected chi connectivity index (χ1v) is 6.78. The Morgan fingerprint density at radius 2 is 1.68 bits per heavy atom. The summed E-state index contributed by atoms with van der Waals surface area (Å²) in [5.74, 6) is 3.30. The summed E-state index contributed by atoms with van der Waals surface area (Å²) in [6.07, 6.45) is 4.06. The maximum atomic E-state index is 5.42. The van der Waals surface area contributed by atoms with E-state index < -0.39 is 0 Å². The standard InChI is InChI=1S/C15H23NO3/c1-17-12-8-14(18-2)13(15(9-12)19-3)10-16-7-6-11-4-5-11/h8-9,11,16H,4-7,10H2,1-3H3. The lowest BCUT2D eigenvalue weighted by molar-refractivity contribution is 0.366. The minimum atomic E-state index is 0.746. The van der Waals surface area contributed by atoms with Crippen LogP contribution < -0.4 is 19.5 Å². The molecular formula is C15H23NO3. The van der Waals surface area contributed by atoms with Gasteiger partial charge in [0.15, 0.2) is 0 Å². The predicted molar refractivity (Wildman–Crippen MR) is 75.1 cm³/mol. The van der Waals surface area contributed by atoms with Gasteiger partial charge in [0, 0.05) is 18.7 Å². The van der Waals surface area contributed by atoms with Crippen molar-refractivity contribution in [3.05, 3.63) is 17.7 Å². The van der Waals surface area contributed by atoms with Crippen molar-refractivity contribution in [2.45, 2.75) is 25.8 Å². The highest BCUT2D eigenvalue weighted by Crippen LogP contribution is 2.34. The van der Waals surface area contributed by atoms with Gasteiger partial charge in [0.1, 0.15) is 17.2 Å². The highest BCUT2D eigenvalue weighted by molar-refractivity contribution is 5.50. The third kappa shape index (κ3) is 3.77. The van der Waals surface area contributed by atoms with E-state index in [-0.39, 0.29) is 0 Å². The molecule has 1 N–H and O–H groups in total. The Balaban J connectivity index is 2.02. The zero-order chi connectivity index (χ0) is 13.7. The van der Waals surface area contributed by atoms with Gasteiger partial charge in [-0.3, -0.25) is 0 Å². The Morgan fingerprint density at radius 1 is 1.05 bits per heavy atom. The van der Waals surface area contributed by atoms with Crippen LogP contribution in [0.25, 0.3) is 0 Å². The van der Waals surface area contributed by atoms with Gasteiger partial charge in [0.2, 0.25) is 0 Å². The molecule has 0 aliphatic heterocycles. The van der Waals surface area contributed by atoms with Crippen LogP contribution in [0.15, 0.2) is 12.1 Å². The molecule has 0 radical (unpaired) electrons. The molecule has 1 fully saturated rings. The molecule has 4 nitrogen and oxygen atoms in total. The summed E-state index contributed by atoms with van der Waals surface area (Å²) >= 11 is 0. The third-order valence-corrected chi connectivity index (χ3v) is 3.55. The molecule has 0 heterocycles. The molecule has 1 aromatic rings. The average Bonchev–Trinajstić information content (AvgIpc) is 3.27. The summed E-state index contributed by atoms with van der Waals surface area (Å²) in [6, 6.07) is 3.78. The smallest absolute Gasteiger partial charge is 0.130 e. The summed E-state index contributed by atoms with van der Waals surface area (Å²) < 4.78 is 16.1. The van der Waals surface area contributed by atoms with E-state index in [1.165, 1.54) is 19.3 Å². The van der Waals surface area contributed by atoms with E-state index in [1.807, 2.05) is 12.1 Å². The molecule has 1 aliphatic carbocycles. The molecule has 2 rings (SSSR count). The van der Waals surface area contributed by atoms with E-state index in [4.69, 9.17) is 14.2 Å². The largest absolute Gasteiger partial charge is 0.496 e. The van der Waals surface area contributed by atoms with Gasteiger partial charge in [-0.2, -0.15) is 0 Å². The molecular weight excluding hydrogens is 242 g/mol. The van der Waals surface area contributed by atoms with Crippen LogP contribution in [0.5, 0.6) is 17.2 Å². The molecule has 1 aliphatic rings. The monoisotopic (exact) mass is 265 g/mol. The molecule has 106 valence electrons. The summed E-state index contributed by atoms with van der Waals surface area (Å²) in [5, 5.41) is 3.46. The van der Waals surface area contributed by atoms with Crippen molar-refractivity contribution in [1.82, 2.24) is 5.32 Å². The van der Waals surface area contributed by atoms with Gasteiger partial charge < -0.3 is 19.5 Å². The van der Waals surface area contributed by atoms with E-state index in [0.717, 1.165) is 41.8 Å². The van der Waals surface area contributed by atoms with Gasteiger partial charge in [-0.25, -0.2) is 0 Å². The van der Waals surface area contributed by atoms with Crippen LogP contribution in [0.3, 0.4) is 0 Å². The van der Waals surface area contributed by atoms with Crippen molar-refractivity contribution in [2.24, 2.45) is 5.92 Å². The fourth-order valence-corrected chi connectivity index (χ4v) is 2.18. The Kier molecular flexibility index (Phi) is 4.91. The Labute approximate surface area is 115 Å². The maximum absolute atomic E-state index is 5.42. The van der Waals surface area contributed by atoms with E-state index in [2.05, 4.69) is 5.32 Å². The van der Waals surface area contributed by atoms with Crippen LogP contribution in [0.2, 0.25) is 0 Å². The molecule has 1 aromatic carbocycles. The van der Waals surface area contributed by atoms with E-state index >= 15 is 0 Å². The average molecular weight is 265 g/mol. The lowest BCUT2D eigenvalue weighted by Crippen LogP contribution is -2.16. The van der Waals surface area contributed by atoms with Gasteiger partial charge in [-0.05, 0) is 18.9 Å². The molecule has 1 saturated carbocycles. The van der Waals surface area contributed by atoms with Gasteiger partial charge in [0.05, 0.1) is 26.9 Å². The highest BCUT2D eigenvalue weighted by Gasteiger charge is 2.20. The van der Waals surface area contributed by atoms with E-state index in [1.54, 1.807) is 21.3 Å². The molecule has 0 saturated heterocycles. The Hall–Kier alpha value is -1.42. The second kappa shape index (κ2) is 6.66. The number of ether oxygens (including phenoxy) is 3. The van der Waals surface area contributed by atoms with Crippen molar-refractivity contribution >= 4 is 0 Å². The molecule has 19 heavy (non-hydrogen) atoms. The van der Waals surface area contributed by atoms with Crippen molar-refractivity contribution in [3.8, 4) is 17.2 Å². The fraction of sp³-hybridized carbons (Fsp3) is 0.600. The zero-order valence-corrected chi connectivity index (χ0v) is 12.0. The van der Waals surface area contributed by atoms with Crippen LogP contribution in [-0.2, 0) is 6.54 Å². The zero-order valence-electron chi connectivity index (χ0n) is 12.0. The van der Waals surface area contributed by atoms with Gasteiger partial charge in [0.25, 0.3) is 0 Å². The first kappa shape index (κ1) is 14.0.